The number of amides is 1. The number of halogens is 2. The lowest BCUT2D eigenvalue weighted by Crippen LogP contribution is -2.31. The molecule has 1 heterocycles. The summed E-state index contributed by atoms with van der Waals surface area (Å²) in [4.78, 5) is 19.1. The lowest BCUT2D eigenvalue weighted by atomic mass is 10.1. The molecule has 4 rings (SSSR count). The quantitative estimate of drug-likeness (QED) is 0.369. The Morgan fingerprint density at radius 2 is 1.77 bits per heavy atom. The van der Waals surface area contributed by atoms with Crippen molar-refractivity contribution in [2.75, 3.05) is 11.5 Å². The monoisotopic (exact) mass is 438 g/mol. The molecule has 0 aliphatic carbocycles. The highest BCUT2D eigenvalue weighted by Crippen LogP contribution is 2.32. The molecular formula is C24H20F2N2O2S. The van der Waals surface area contributed by atoms with Crippen molar-refractivity contribution >= 4 is 32.6 Å². The molecule has 0 unspecified atom stereocenters. The highest BCUT2D eigenvalue weighted by atomic mass is 32.1. The molecule has 0 saturated heterocycles. The Labute approximate surface area is 182 Å². The van der Waals surface area contributed by atoms with Crippen LogP contribution >= 0.6 is 11.3 Å². The van der Waals surface area contributed by atoms with Crippen molar-refractivity contribution in [3.63, 3.8) is 0 Å². The molecule has 0 saturated carbocycles. The van der Waals surface area contributed by atoms with E-state index in [9.17, 15) is 13.6 Å². The minimum absolute atomic E-state index is 0.0633. The number of benzene rings is 3. The van der Waals surface area contributed by atoms with E-state index < -0.39 is 11.6 Å². The summed E-state index contributed by atoms with van der Waals surface area (Å²) < 4.78 is 33.6. The molecule has 0 radical (unpaired) electrons. The van der Waals surface area contributed by atoms with E-state index in [1.807, 2.05) is 61.5 Å². The van der Waals surface area contributed by atoms with E-state index in [1.54, 1.807) is 0 Å². The summed E-state index contributed by atoms with van der Waals surface area (Å²) in [6.45, 7) is 2.75. The summed E-state index contributed by atoms with van der Waals surface area (Å²) in [5, 5.41) is 0.333. The first-order valence-electron chi connectivity index (χ1n) is 9.85. The normalized spacial score (nSPS) is 10.9. The predicted molar refractivity (Wildman–Crippen MR) is 118 cm³/mol. The topological polar surface area (TPSA) is 42.4 Å². The number of hydrogen-bond donors (Lipinski definition) is 0. The van der Waals surface area contributed by atoms with Crippen LogP contribution < -0.4 is 9.64 Å². The highest BCUT2D eigenvalue weighted by molar-refractivity contribution is 7.22. The highest BCUT2D eigenvalue weighted by Gasteiger charge is 2.22. The van der Waals surface area contributed by atoms with Gasteiger partial charge in [-0.3, -0.25) is 9.69 Å². The summed E-state index contributed by atoms with van der Waals surface area (Å²) in [5.41, 5.74) is 1.80. The fourth-order valence-corrected chi connectivity index (χ4v) is 4.25. The third-order valence-corrected chi connectivity index (χ3v) is 5.73. The van der Waals surface area contributed by atoms with Crippen molar-refractivity contribution in [3.8, 4) is 5.75 Å². The van der Waals surface area contributed by atoms with Crippen LogP contribution in [0.5, 0.6) is 5.75 Å². The van der Waals surface area contributed by atoms with Gasteiger partial charge >= 0.3 is 0 Å². The molecule has 0 fully saturated rings. The molecule has 31 heavy (non-hydrogen) atoms. The van der Waals surface area contributed by atoms with Gasteiger partial charge in [0.1, 0.15) is 17.1 Å². The smallest absolute Gasteiger partial charge is 0.233 e. The summed E-state index contributed by atoms with van der Waals surface area (Å²) in [7, 11) is 0. The van der Waals surface area contributed by atoms with Crippen molar-refractivity contribution in [3.05, 3.63) is 89.5 Å². The van der Waals surface area contributed by atoms with Crippen LogP contribution in [0.25, 0.3) is 10.2 Å². The Hall–Kier alpha value is -3.32. The van der Waals surface area contributed by atoms with E-state index in [2.05, 4.69) is 4.98 Å². The SMILES string of the molecule is CCOc1ccc(CC(=O)N(Cc2ccccc2)c2nc3c(F)cc(F)cc3s2)cc1. The van der Waals surface area contributed by atoms with Crippen molar-refractivity contribution in [2.24, 2.45) is 0 Å². The third-order valence-electron chi connectivity index (χ3n) is 4.71. The molecule has 158 valence electrons. The number of thiazole rings is 1. The maximum Gasteiger partial charge on any atom is 0.233 e. The minimum atomic E-state index is -0.740. The molecule has 0 aliphatic rings. The van der Waals surface area contributed by atoms with E-state index in [0.717, 1.165) is 34.3 Å². The number of anilines is 1. The second kappa shape index (κ2) is 9.22. The average molecular weight is 438 g/mol. The first kappa shape index (κ1) is 20.9. The van der Waals surface area contributed by atoms with Gasteiger partial charge in [0, 0.05) is 6.07 Å². The Morgan fingerprint density at radius 1 is 1.03 bits per heavy atom. The Kier molecular flexibility index (Phi) is 6.23. The van der Waals surface area contributed by atoms with Gasteiger partial charge in [0.2, 0.25) is 5.91 Å². The summed E-state index contributed by atoms with van der Waals surface area (Å²) in [5.74, 6) is -0.858. The Balaban J connectivity index is 1.65. The molecule has 3 aromatic carbocycles. The maximum atomic E-state index is 14.2. The van der Waals surface area contributed by atoms with Gasteiger partial charge in [-0.25, -0.2) is 13.8 Å². The van der Waals surface area contributed by atoms with Crippen molar-refractivity contribution in [1.29, 1.82) is 0 Å². The second-order valence-corrected chi connectivity index (χ2v) is 7.96. The molecule has 1 aromatic heterocycles. The first-order valence-corrected chi connectivity index (χ1v) is 10.7. The zero-order valence-electron chi connectivity index (χ0n) is 16.8. The summed E-state index contributed by atoms with van der Waals surface area (Å²) in [6, 6.07) is 18.9. The van der Waals surface area contributed by atoms with Crippen LogP contribution in [0.3, 0.4) is 0 Å². The van der Waals surface area contributed by atoms with Crippen LogP contribution in [0.4, 0.5) is 13.9 Å². The molecule has 7 heteroatoms. The Bertz CT molecular complexity index is 1190. The number of carbonyl (C=O) groups is 1. The third kappa shape index (κ3) is 4.88. The summed E-state index contributed by atoms with van der Waals surface area (Å²) in [6.07, 6.45) is 0.145. The molecule has 0 atom stereocenters. The van der Waals surface area contributed by atoms with Crippen LogP contribution in [0.2, 0.25) is 0 Å². The average Bonchev–Trinajstić information content (AvgIpc) is 3.18. The van der Waals surface area contributed by atoms with Gasteiger partial charge < -0.3 is 4.74 Å². The van der Waals surface area contributed by atoms with Crippen molar-refractivity contribution in [2.45, 2.75) is 19.9 Å². The van der Waals surface area contributed by atoms with Gasteiger partial charge in [-0.15, -0.1) is 0 Å². The minimum Gasteiger partial charge on any atom is -0.494 e. The van der Waals surface area contributed by atoms with E-state index in [4.69, 9.17) is 4.74 Å². The van der Waals surface area contributed by atoms with Gasteiger partial charge in [0.05, 0.1) is 24.3 Å². The molecule has 0 spiro atoms. The number of carbonyl (C=O) groups excluding carboxylic acids is 1. The Morgan fingerprint density at radius 3 is 2.48 bits per heavy atom. The number of hydrogen-bond acceptors (Lipinski definition) is 4. The molecule has 1 amide bonds. The summed E-state index contributed by atoms with van der Waals surface area (Å²) >= 11 is 1.09. The molecule has 0 aliphatic heterocycles. The van der Waals surface area contributed by atoms with Crippen molar-refractivity contribution < 1.29 is 18.3 Å². The number of fused-ring (bicyclic) bond motifs is 1. The fourth-order valence-electron chi connectivity index (χ4n) is 3.23. The van der Waals surface area contributed by atoms with Gasteiger partial charge in [-0.05, 0) is 36.2 Å². The van der Waals surface area contributed by atoms with E-state index in [1.165, 1.54) is 11.0 Å². The number of rotatable bonds is 7. The second-order valence-electron chi connectivity index (χ2n) is 6.95. The lowest BCUT2D eigenvalue weighted by Gasteiger charge is -2.20. The number of ether oxygens (including phenoxy) is 1. The lowest BCUT2D eigenvalue weighted by molar-refractivity contribution is -0.118. The zero-order chi connectivity index (χ0) is 21.8. The maximum absolute atomic E-state index is 14.2. The van der Waals surface area contributed by atoms with Crippen LogP contribution in [-0.4, -0.2) is 17.5 Å². The van der Waals surface area contributed by atoms with Crippen LogP contribution in [0.1, 0.15) is 18.1 Å². The van der Waals surface area contributed by atoms with Gasteiger partial charge in [0.25, 0.3) is 0 Å². The molecular weight excluding hydrogens is 418 g/mol. The van der Waals surface area contributed by atoms with Crippen molar-refractivity contribution in [1.82, 2.24) is 4.98 Å². The van der Waals surface area contributed by atoms with Crippen LogP contribution in [-0.2, 0) is 17.8 Å². The van der Waals surface area contributed by atoms with Gasteiger partial charge in [-0.1, -0.05) is 53.8 Å². The van der Waals surface area contributed by atoms with Gasteiger partial charge in [-0.2, -0.15) is 0 Å². The zero-order valence-corrected chi connectivity index (χ0v) is 17.7. The fraction of sp³-hybridized carbons (Fsp3) is 0.167. The van der Waals surface area contributed by atoms with E-state index in [0.29, 0.717) is 16.4 Å². The molecule has 0 N–H and O–H groups in total. The van der Waals surface area contributed by atoms with E-state index in [-0.39, 0.29) is 24.4 Å². The largest absolute Gasteiger partial charge is 0.494 e. The molecule has 4 nitrogen and oxygen atoms in total. The van der Waals surface area contributed by atoms with Crippen LogP contribution in [0, 0.1) is 11.6 Å². The molecule has 0 bridgehead atoms. The standard InChI is InChI=1S/C24H20F2N2O2S/c1-2-30-19-10-8-16(9-11-19)12-22(29)28(15-17-6-4-3-5-7-17)24-27-23-20(26)13-18(25)14-21(23)31-24/h3-11,13-14H,2,12,15H2,1H3. The number of nitrogens with zero attached hydrogens (tertiary/aromatic N) is 2. The first-order chi connectivity index (χ1) is 15.0. The van der Waals surface area contributed by atoms with Crippen LogP contribution in [0.15, 0.2) is 66.7 Å². The molecule has 4 aromatic rings. The number of aromatic nitrogens is 1. The van der Waals surface area contributed by atoms with E-state index >= 15 is 0 Å². The van der Waals surface area contributed by atoms with Gasteiger partial charge in [0.15, 0.2) is 10.9 Å². The predicted octanol–water partition coefficient (Wildman–Crippen LogP) is 5.75.